The minimum absolute atomic E-state index is 0.0844. The van der Waals surface area contributed by atoms with Gasteiger partial charge in [-0.1, -0.05) is 6.92 Å². The quantitative estimate of drug-likeness (QED) is 0.749. The zero-order valence-corrected chi connectivity index (χ0v) is 12.5. The van der Waals surface area contributed by atoms with Crippen LogP contribution in [0.25, 0.3) is 0 Å². The Morgan fingerprint density at radius 2 is 1.86 bits per heavy atom. The molecule has 0 aliphatic heterocycles. The molecular weight excluding hydrogens is 298 g/mol. The highest BCUT2D eigenvalue weighted by Crippen LogP contribution is 2.18. The smallest absolute Gasteiger partial charge is 0.322 e. The maximum Gasteiger partial charge on any atom is 0.322 e. The molecule has 0 bridgehead atoms. The first kappa shape index (κ1) is 17.0. The number of rotatable bonds is 7. The molecule has 1 atom stereocenters. The molecule has 0 radical (unpaired) electrons. The van der Waals surface area contributed by atoms with E-state index in [2.05, 4.69) is 5.32 Å². The van der Waals surface area contributed by atoms with Crippen LogP contribution in [0.2, 0.25) is 0 Å². The summed E-state index contributed by atoms with van der Waals surface area (Å²) < 4.78 is 29.2. The van der Waals surface area contributed by atoms with Crippen molar-refractivity contribution < 1.29 is 27.9 Å². The first-order valence-electron chi connectivity index (χ1n) is 6.12. The molecule has 0 aliphatic rings. The molecule has 1 unspecified atom stereocenters. The molecule has 0 saturated carbocycles. The van der Waals surface area contributed by atoms with Gasteiger partial charge in [0, 0.05) is 5.92 Å². The predicted octanol–water partition coefficient (Wildman–Crippen LogP) is 0.306. The van der Waals surface area contributed by atoms with Gasteiger partial charge >= 0.3 is 5.97 Å². The van der Waals surface area contributed by atoms with Crippen LogP contribution < -0.4 is 10.1 Å². The summed E-state index contributed by atoms with van der Waals surface area (Å²) >= 11 is 0. The minimum atomic E-state index is -3.63. The fourth-order valence-corrected chi connectivity index (χ4v) is 3.17. The van der Waals surface area contributed by atoms with E-state index in [1.54, 1.807) is 0 Å². The molecule has 1 rings (SSSR count). The number of ether oxygens (including phenoxy) is 1. The summed E-state index contributed by atoms with van der Waals surface area (Å²) in [5.41, 5.74) is 0. The van der Waals surface area contributed by atoms with Crippen LogP contribution in [0.3, 0.4) is 0 Å². The van der Waals surface area contributed by atoms with Crippen LogP contribution in [-0.2, 0) is 19.4 Å². The fourth-order valence-electron chi connectivity index (χ4n) is 1.62. The molecule has 0 saturated heterocycles. The third kappa shape index (κ3) is 5.07. The van der Waals surface area contributed by atoms with Gasteiger partial charge in [0.25, 0.3) is 0 Å². The van der Waals surface area contributed by atoms with Gasteiger partial charge < -0.3 is 15.2 Å². The highest BCUT2D eigenvalue weighted by Gasteiger charge is 2.23. The highest BCUT2D eigenvalue weighted by atomic mass is 32.2. The van der Waals surface area contributed by atoms with Crippen LogP contribution in [0.5, 0.6) is 5.75 Å². The van der Waals surface area contributed by atoms with Crippen molar-refractivity contribution in [1.82, 2.24) is 5.32 Å². The number of amides is 1. The van der Waals surface area contributed by atoms with Gasteiger partial charge in [-0.05, 0) is 24.3 Å². The van der Waals surface area contributed by atoms with Crippen LogP contribution in [0.15, 0.2) is 29.2 Å². The lowest BCUT2D eigenvalue weighted by Crippen LogP contribution is -2.36. The van der Waals surface area contributed by atoms with Crippen molar-refractivity contribution in [3.63, 3.8) is 0 Å². The van der Waals surface area contributed by atoms with Gasteiger partial charge in [0.1, 0.15) is 12.3 Å². The molecule has 0 fully saturated rings. The number of hydrogen-bond donors (Lipinski definition) is 2. The van der Waals surface area contributed by atoms with Crippen molar-refractivity contribution in [2.75, 3.05) is 19.4 Å². The summed E-state index contributed by atoms with van der Waals surface area (Å²) in [4.78, 5) is 22.0. The number of aliphatic carboxylic acids is 1. The minimum Gasteiger partial charge on any atom is -0.497 e. The first-order chi connectivity index (χ1) is 9.76. The number of carbonyl (C=O) groups excluding carboxylic acids is 1. The van der Waals surface area contributed by atoms with E-state index >= 15 is 0 Å². The maximum absolute atomic E-state index is 12.1. The lowest BCUT2D eigenvalue weighted by Gasteiger charge is -2.12. The molecule has 116 valence electrons. The van der Waals surface area contributed by atoms with E-state index in [0.717, 1.165) is 0 Å². The number of nitrogens with one attached hydrogen (secondary N) is 1. The second kappa shape index (κ2) is 7.07. The number of methoxy groups -OCH3 is 1. The number of benzene rings is 1. The molecule has 0 aliphatic carbocycles. The van der Waals surface area contributed by atoms with Gasteiger partial charge in [-0.2, -0.15) is 0 Å². The van der Waals surface area contributed by atoms with Crippen LogP contribution in [0, 0.1) is 5.92 Å². The molecule has 1 aromatic carbocycles. The average Bonchev–Trinajstić information content (AvgIpc) is 2.44. The molecule has 7 nitrogen and oxygen atoms in total. The third-order valence-corrected chi connectivity index (χ3v) is 4.68. The average molecular weight is 315 g/mol. The molecule has 2 N–H and O–H groups in total. The van der Waals surface area contributed by atoms with Crippen LogP contribution in [-0.4, -0.2) is 44.8 Å². The van der Waals surface area contributed by atoms with E-state index in [9.17, 15) is 18.0 Å². The van der Waals surface area contributed by atoms with Gasteiger partial charge in [0.2, 0.25) is 5.91 Å². The third-order valence-electron chi connectivity index (χ3n) is 2.75. The molecule has 1 aromatic rings. The van der Waals surface area contributed by atoms with Crippen molar-refractivity contribution in [3.8, 4) is 5.75 Å². The van der Waals surface area contributed by atoms with E-state index < -0.39 is 39.9 Å². The van der Waals surface area contributed by atoms with E-state index in [4.69, 9.17) is 9.84 Å². The highest BCUT2D eigenvalue weighted by molar-refractivity contribution is 7.91. The standard InChI is InChI=1S/C13H17NO6S/c1-9(13(17)14-7-12(15)16)8-21(18,19)11-5-3-10(20-2)4-6-11/h3-6,9H,7-8H2,1-2H3,(H,14,17)(H,15,16). The largest absolute Gasteiger partial charge is 0.497 e. The Morgan fingerprint density at radius 3 is 2.33 bits per heavy atom. The Bertz CT molecular complexity index is 608. The van der Waals surface area contributed by atoms with Gasteiger partial charge in [-0.3, -0.25) is 9.59 Å². The fraction of sp³-hybridized carbons (Fsp3) is 0.385. The van der Waals surface area contributed by atoms with Crippen molar-refractivity contribution in [2.24, 2.45) is 5.92 Å². The normalized spacial score (nSPS) is 12.5. The molecule has 0 aromatic heterocycles. The van der Waals surface area contributed by atoms with Crippen molar-refractivity contribution >= 4 is 21.7 Å². The van der Waals surface area contributed by atoms with E-state index in [-0.39, 0.29) is 4.90 Å². The Labute approximate surface area is 122 Å². The summed E-state index contributed by atoms with van der Waals surface area (Å²) in [6, 6.07) is 5.83. The number of carboxylic acid groups (broad SMARTS) is 1. The Balaban J connectivity index is 2.74. The van der Waals surface area contributed by atoms with Crippen LogP contribution >= 0.6 is 0 Å². The zero-order valence-electron chi connectivity index (χ0n) is 11.7. The maximum atomic E-state index is 12.1. The zero-order chi connectivity index (χ0) is 16.0. The molecule has 21 heavy (non-hydrogen) atoms. The molecule has 8 heteroatoms. The lowest BCUT2D eigenvalue weighted by molar-refractivity contribution is -0.138. The molecule has 0 spiro atoms. The summed E-state index contributed by atoms with van der Waals surface area (Å²) in [5.74, 6) is -2.52. The van der Waals surface area contributed by atoms with Gasteiger partial charge in [-0.15, -0.1) is 0 Å². The monoisotopic (exact) mass is 315 g/mol. The Kier molecular flexibility index (Phi) is 5.71. The SMILES string of the molecule is COc1ccc(S(=O)(=O)CC(C)C(=O)NCC(=O)O)cc1. The van der Waals surface area contributed by atoms with Crippen LogP contribution in [0.4, 0.5) is 0 Å². The molecule has 0 heterocycles. The van der Waals surface area contributed by atoms with E-state index in [1.165, 1.54) is 38.3 Å². The number of sulfone groups is 1. The summed E-state index contributed by atoms with van der Waals surface area (Å²) in [7, 11) is -2.16. The molecular formula is C13H17NO6S. The second-order valence-electron chi connectivity index (χ2n) is 4.47. The van der Waals surface area contributed by atoms with Gasteiger partial charge in [-0.25, -0.2) is 8.42 Å². The Hall–Kier alpha value is -2.09. The summed E-state index contributed by atoms with van der Waals surface area (Å²) in [5, 5.41) is 10.6. The second-order valence-corrected chi connectivity index (χ2v) is 6.50. The number of carbonyl (C=O) groups is 2. The van der Waals surface area contributed by atoms with Crippen LogP contribution in [0.1, 0.15) is 6.92 Å². The van der Waals surface area contributed by atoms with Crippen molar-refractivity contribution in [2.45, 2.75) is 11.8 Å². The first-order valence-corrected chi connectivity index (χ1v) is 7.78. The van der Waals surface area contributed by atoms with Gasteiger partial charge in [0.05, 0.1) is 17.8 Å². The summed E-state index contributed by atoms with van der Waals surface area (Å²) in [6.07, 6.45) is 0. The van der Waals surface area contributed by atoms with E-state index in [1.807, 2.05) is 0 Å². The van der Waals surface area contributed by atoms with Crippen molar-refractivity contribution in [1.29, 1.82) is 0 Å². The molecule has 1 amide bonds. The van der Waals surface area contributed by atoms with E-state index in [0.29, 0.717) is 5.75 Å². The van der Waals surface area contributed by atoms with Crippen molar-refractivity contribution in [3.05, 3.63) is 24.3 Å². The topological polar surface area (TPSA) is 110 Å². The number of carboxylic acids is 1. The number of hydrogen-bond acceptors (Lipinski definition) is 5. The lowest BCUT2D eigenvalue weighted by atomic mass is 10.2. The Morgan fingerprint density at radius 1 is 1.29 bits per heavy atom. The predicted molar refractivity (Wildman–Crippen MR) is 74.9 cm³/mol. The summed E-state index contributed by atoms with van der Waals surface area (Å²) in [6.45, 7) is 0.893. The van der Waals surface area contributed by atoms with Gasteiger partial charge in [0.15, 0.2) is 9.84 Å².